The summed E-state index contributed by atoms with van der Waals surface area (Å²) in [6.07, 6.45) is 0. The van der Waals surface area contributed by atoms with Crippen LogP contribution in [0.3, 0.4) is 0 Å². The van der Waals surface area contributed by atoms with Gasteiger partial charge in [0.1, 0.15) is 11.5 Å². The number of benzene rings is 2. The number of rotatable bonds is 5. The van der Waals surface area contributed by atoms with Crippen LogP contribution in [0.25, 0.3) is 10.9 Å². The van der Waals surface area contributed by atoms with Crippen LogP contribution in [-0.4, -0.2) is 29.3 Å². The zero-order chi connectivity index (χ0) is 20.4. The number of fused-ring (bicyclic) bond motifs is 1. The van der Waals surface area contributed by atoms with E-state index in [0.717, 1.165) is 12.1 Å². The molecule has 28 heavy (non-hydrogen) atoms. The van der Waals surface area contributed by atoms with Gasteiger partial charge in [-0.25, -0.2) is 9.18 Å². The number of nitrogens with one attached hydrogen (secondary N) is 2. The Morgan fingerprint density at radius 3 is 2.46 bits per heavy atom. The Labute approximate surface area is 164 Å². The van der Waals surface area contributed by atoms with Crippen LogP contribution in [0.15, 0.2) is 36.4 Å². The molecule has 0 spiro atoms. The molecule has 0 bridgehead atoms. The Morgan fingerprint density at radius 2 is 1.86 bits per heavy atom. The van der Waals surface area contributed by atoms with Gasteiger partial charge in [-0.05, 0) is 43.3 Å². The van der Waals surface area contributed by atoms with E-state index in [0.29, 0.717) is 10.9 Å². The van der Waals surface area contributed by atoms with Crippen LogP contribution in [0.5, 0.6) is 0 Å². The molecule has 2 aromatic carbocycles. The normalized spacial score (nSPS) is 10.7. The van der Waals surface area contributed by atoms with Crippen molar-refractivity contribution in [3.63, 3.8) is 0 Å². The number of hydrogen-bond donors (Lipinski definition) is 2. The van der Waals surface area contributed by atoms with Gasteiger partial charge < -0.3 is 15.0 Å². The van der Waals surface area contributed by atoms with Crippen LogP contribution in [0, 0.1) is 5.82 Å². The highest BCUT2D eigenvalue weighted by Crippen LogP contribution is 2.35. The van der Waals surface area contributed by atoms with E-state index < -0.39 is 23.5 Å². The van der Waals surface area contributed by atoms with Crippen LogP contribution < -0.4 is 5.32 Å². The molecule has 0 unspecified atom stereocenters. The quantitative estimate of drug-likeness (QED) is 0.491. The molecule has 6 nitrogen and oxygen atoms in total. The molecular formula is C20H16ClFN2O4. The number of halogens is 2. The molecule has 144 valence electrons. The van der Waals surface area contributed by atoms with Gasteiger partial charge >= 0.3 is 5.97 Å². The van der Waals surface area contributed by atoms with Gasteiger partial charge in [-0.15, -0.1) is 0 Å². The van der Waals surface area contributed by atoms with E-state index in [1.165, 1.54) is 31.2 Å². The van der Waals surface area contributed by atoms with Crippen molar-refractivity contribution in [2.75, 3.05) is 11.9 Å². The van der Waals surface area contributed by atoms with Crippen molar-refractivity contribution in [3.05, 3.63) is 64.1 Å². The van der Waals surface area contributed by atoms with E-state index in [9.17, 15) is 18.8 Å². The first kappa shape index (κ1) is 19.6. The molecule has 0 aliphatic carbocycles. The third-order valence-electron chi connectivity index (χ3n) is 3.99. The minimum Gasteiger partial charge on any atom is -0.462 e. The lowest BCUT2D eigenvalue weighted by Crippen LogP contribution is -2.12. The maximum absolute atomic E-state index is 13.2. The average molecular weight is 403 g/mol. The lowest BCUT2D eigenvalue weighted by molar-refractivity contribution is -0.114. The van der Waals surface area contributed by atoms with E-state index in [1.54, 1.807) is 6.92 Å². The largest absolute Gasteiger partial charge is 0.462 e. The second-order valence-electron chi connectivity index (χ2n) is 5.99. The van der Waals surface area contributed by atoms with Crippen molar-refractivity contribution in [1.29, 1.82) is 0 Å². The summed E-state index contributed by atoms with van der Waals surface area (Å²) in [5.74, 6) is -2.03. The molecule has 1 aromatic heterocycles. The maximum atomic E-state index is 13.2. The third-order valence-corrected chi connectivity index (χ3v) is 4.21. The summed E-state index contributed by atoms with van der Waals surface area (Å²) in [7, 11) is 0. The summed E-state index contributed by atoms with van der Waals surface area (Å²) in [5.41, 5.74) is 0.886. The van der Waals surface area contributed by atoms with Crippen molar-refractivity contribution < 1.29 is 23.5 Å². The van der Waals surface area contributed by atoms with E-state index in [-0.39, 0.29) is 34.1 Å². The number of esters is 1. The van der Waals surface area contributed by atoms with Gasteiger partial charge in [0.05, 0.1) is 23.4 Å². The highest BCUT2D eigenvalue weighted by Gasteiger charge is 2.25. The minimum absolute atomic E-state index is 0.0459. The number of carbonyl (C=O) groups excluding carboxylic acids is 3. The van der Waals surface area contributed by atoms with Gasteiger partial charge in [0.15, 0.2) is 0 Å². The Morgan fingerprint density at radius 1 is 1.18 bits per heavy atom. The van der Waals surface area contributed by atoms with E-state index >= 15 is 0 Å². The van der Waals surface area contributed by atoms with Gasteiger partial charge in [-0.1, -0.05) is 11.6 Å². The molecule has 1 amide bonds. The fraction of sp³-hybridized carbons (Fsp3) is 0.150. The first-order chi connectivity index (χ1) is 13.3. The molecule has 0 aliphatic heterocycles. The molecule has 0 radical (unpaired) electrons. The van der Waals surface area contributed by atoms with Crippen molar-refractivity contribution in [2.24, 2.45) is 0 Å². The lowest BCUT2D eigenvalue weighted by atomic mass is 10.0. The van der Waals surface area contributed by atoms with E-state index in [4.69, 9.17) is 16.3 Å². The van der Waals surface area contributed by atoms with Gasteiger partial charge in [-0.3, -0.25) is 9.59 Å². The first-order valence-corrected chi connectivity index (χ1v) is 8.79. The van der Waals surface area contributed by atoms with Crippen molar-refractivity contribution in [3.8, 4) is 0 Å². The molecular weight excluding hydrogens is 387 g/mol. The molecule has 8 heteroatoms. The number of aromatic nitrogens is 1. The van der Waals surface area contributed by atoms with Crippen molar-refractivity contribution >= 4 is 45.9 Å². The SMILES string of the molecule is CCOC(=O)c1cc(Cl)cc2[nH]c(C(=O)c3ccc(F)cc3)c(NC(C)=O)c12. The second kappa shape index (κ2) is 7.82. The van der Waals surface area contributed by atoms with Gasteiger partial charge in [-0.2, -0.15) is 0 Å². The average Bonchev–Trinajstić information content (AvgIpc) is 2.98. The molecule has 0 saturated heterocycles. The van der Waals surface area contributed by atoms with Crippen molar-refractivity contribution in [1.82, 2.24) is 4.98 Å². The summed E-state index contributed by atoms with van der Waals surface area (Å²) >= 11 is 6.11. The summed E-state index contributed by atoms with van der Waals surface area (Å²) in [4.78, 5) is 40.0. The number of hydrogen-bond acceptors (Lipinski definition) is 4. The number of anilines is 1. The topological polar surface area (TPSA) is 88.3 Å². The van der Waals surface area contributed by atoms with Crippen LogP contribution >= 0.6 is 11.6 Å². The standard InChI is InChI=1S/C20H16ClFN2O4/c1-3-28-20(27)14-8-12(21)9-15-16(14)17(23-10(2)25)18(24-15)19(26)11-4-6-13(22)7-5-11/h4-9,24H,3H2,1-2H3,(H,23,25). The number of aromatic amines is 1. The van der Waals surface area contributed by atoms with Crippen LogP contribution in [0.2, 0.25) is 5.02 Å². The molecule has 1 heterocycles. The number of ketones is 1. The molecule has 3 aromatic rings. The monoisotopic (exact) mass is 402 g/mol. The van der Waals surface area contributed by atoms with Crippen LogP contribution in [-0.2, 0) is 9.53 Å². The molecule has 2 N–H and O–H groups in total. The summed E-state index contributed by atoms with van der Waals surface area (Å²) < 4.78 is 18.3. The minimum atomic E-state index is -0.638. The summed E-state index contributed by atoms with van der Waals surface area (Å²) in [6.45, 7) is 3.09. The van der Waals surface area contributed by atoms with E-state index in [2.05, 4.69) is 10.3 Å². The first-order valence-electron chi connectivity index (χ1n) is 8.42. The van der Waals surface area contributed by atoms with Gasteiger partial charge in [0.25, 0.3) is 0 Å². The molecule has 0 saturated carbocycles. The zero-order valence-electron chi connectivity index (χ0n) is 15.1. The van der Waals surface area contributed by atoms with Crippen LogP contribution in [0.1, 0.15) is 40.3 Å². The van der Waals surface area contributed by atoms with E-state index in [1.807, 2.05) is 0 Å². The van der Waals surface area contributed by atoms with Crippen LogP contribution in [0.4, 0.5) is 10.1 Å². The lowest BCUT2D eigenvalue weighted by Gasteiger charge is -2.08. The molecule has 0 fully saturated rings. The molecule has 0 aliphatic rings. The number of ether oxygens (including phenoxy) is 1. The molecule has 0 atom stereocenters. The maximum Gasteiger partial charge on any atom is 0.338 e. The molecule has 3 rings (SSSR count). The fourth-order valence-electron chi connectivity index (χ4n) is 2.88. The predicted molar refractivity (Wildman–Crippen MR) is 103 cm³/mol. The smallest absolute Gasteiger partial charge is 0.338 e. The number of amides is 1. The Bertz CT molecular complexity index is 1090. The van der Waals surface area contributed by atoms with Crippen molar-refractivity contribution in [2.45, 2.75) is 13.8 Å². The summed E-state index contributed by atoms with van der Waals surface area (Å²) in [6, 6.07) is 7.93. The Hall–Kier alpha value is -3.19. The fourth-order valence-corrected chi connectivity index (χ4v) is 3.10. The predicted octanol–water partition coefficient (Wildman–Crippen LogP) is 4.33. The third kappa shape index (κ3) is 3.75. The zero-order valence-corrected chi connectivity index (χ0v) is 15.8. The Balaban J connectivity index is 2.26. The Kier molecular flexibility index (Phi) is 5.46. The van der Waals surface area contributed by atoms with Gasteiger partial charge in [0, 0.05) is 22.9 Å². The number of H-pyrrole nitrogens is 1. The highest BCUT2D eigenvalue weighted by molar-refractivity contribution is 6.32. The number of carbonyl (C=O) groups is 3. The highest BCUT2D eigenvalue weighted by atomic mass is 35.5. The second-order valence-corrected chi connectivity index (χ2v) is 6.43. The summed E-state index contributed by atoms with van der Waals surface area (Å²) in [5, 5.41) is 3.16. The van der Waals surface area contributed by atoms with Gasteiger partial charge in [0.2, 0.25) is 11.7 Å².